The molecule has 0 aliphatic carbocycles. The van der Waals surface area contributed by atoms with Gasteiger partial charge in [0, 0.05) is 5.69 Å². The van der Waals surface area contributed by atoms with Gasteiger partial charge >= 0.3 is 0 Å². The first kappa shape index (κ1) is 23.0. The summed E-state index contributed by atoms with van der Waals surface area (Å²) in [5, 5.41) is 3.19. The van der Waals surface area contributed by atoms with Crippen LogP contribution in [0.15, 0.2) is 30.3 Å². The molecule has 158 valence electrons. The fourth-order valence-corrected chi connectivity index (χ4v) is 3.90. The second-order valence-corrected chi connectivity index (χ2v) is 9.53. The number of anilines is 1. The van der Waals surface area contributed by atoms with E-state index in [1.807, 2.05) is 26.0 Å². The summed E-state index contributed by atoms with van der Waals surface area (Å²) in [5.41, 5.74) is 3.51. The predicted molar refractivity (Wildman–Crippen MR) is 118 cm³/mol. The number of amides is 1. The maximum atomic E-state index is 12.8. The number of carbonyl (C=O) groups excluding carboxylic acids is 1. The van der Waals surface area contributed by atoms with Crippen molar-refractivity contribution >= 4 is 33.2 Å². The highest BCUT2D eigenvalue weighted by atomic mass is 35.5. The normalized spacial score (nSPS) is 12.6. The summed E-state index contributed by atoms with van der Waals surface area (Å²) >= 11 is 6.17. The molecule has 0 saturated carbocycles. The van der Waals surface area contributed by atoms with Gasteiger partial charge in [0.25, 0.3) is 5.91 Å². The number of hydrogen-bond donors (Lipinski definition) is 2. The van der Waals surface area contributed by atoms with Crippen LogP contribution in [0.4, 0.5) is 5.69 Å². The lowest BCUT2D eigenvalue weighted by Gasteiger charge is -2.21. The summed E-state index contributed by atoms with van der Waals surface area (Å²) in [6, 6.07) is 8.15. The zero-order valence-corrected chi connectivity index (χ0v) is 19.0. The summed E-state index contributed by atoms with van der Waals surface area (Å²) < 4.78 is 30.7. The number of nitrogens with one attached hydrogen (secondary N) is 2. The Morgan fingerprint density at radius 2 is 1.76 bits per heavy atom. The smallest absolute Gasteiger partial charge is 0.253 e. The van der Waals surface area contributed by atoms with Crippen LogP contribution in [0.3, 0.4) is 0 Å². The quantitative estimate of drug-likeness (QED) is 0.659. The zero-order chi connectivity index (χ0) is 21.9. The molecule has 0 radical (unpaired) electrons. The average molecular weight is 439 g/mol. The van der Waals surface area contributed by atoms with E-state index in [0.29, 0.717) is 0 Å². The van der Waals surface area contributed by atoms with Crippen LogP contribution < -0.4 is 14.8 Å². The van der Waals surface area contributed by atoms with E-state index in [9.17, 15) is 13.2 Å². The lowest BCUT2D eigenvalue weighted by atomic mass is 9.93. The maximum Gasteiger partial charge on any atom is 0.253 e. The van der Waals surface area contributed by atoms with Crippen molar-refractivity contribution < 1.29 is 17.9 Å². The van der Waals surface area contributed by atoms with E-state index < -0.39 is 10.0 Å². The summed E-state index contributed by atoms with van der Waals surface area (Å²) in [4.78, 5) is 12.8. The minimum absolute atomic E-state index is 0.197. The molecule has 0 saturated heterocycles. The van der Waals surface area contributed by atoms with Gasteiger partial charge in [-0.2, -0.15) is 0 Å². The average Bonchev–Trinajstić information content (AvgIpc) is 2.61. The van der Waals surface area contributed by atoms with Crippen LogP contribution in [0, 0.1) is 6.92 Å². The van der Waals surface area contributed by atoms with E-state index in [0.717, 1.165) is 28.7 Å². The van der Waals surface area contributed by atoms with Crippen LogP contribution in [0.25, 0.3) is 0 Å². The first-order valence-electron chi connectivity index (χ1n) is 9.19. The molecule has 0 spiro atoms. The molecule has 0 aliphatic heterocycles. The number of hydrogen-bond acceptors (Lipinski definition) is 4. The van der Waals surface area contributed by atoms with Crippen molar-refractivity contribution in [1.29, 1.82) is 0 Å². The Kier molecular flexibility index (Phi) is 7.19. The molecule has 0 fully saturated rings. The van der Waals surface area contributed by atoms with Crippen molar-refractivity contribution in [1.82, 2.24) is 5.32 Å². The molecule has 0 aromatic heterocycles. The molecule has 29 heavy (non-hydrogen) atoms. The van der Waals surface area contributed by atoms with Gasteiger partial charge in [0.1, 0.15) is 5.75 Å². The van der Waals surface area contributed by atoms with E-state index in [2.05, 4.69) is 23.9 Å². The summed E-state index contributed by atoms with van der Waals surface area (Å²) in [5.74, 6) is 0.698. The van der Waals surface area contributed by atoms with Crippen molar-refractivity contribution in [3.63, 3.8) is 0 Å². The third-order valence-electron chi connectivity index (χ3n) is 4.57. The first-order valence-corrected chi connectivity index (χ1v) is 11.5. The lowest BCUT2D eigenvalue weighted by Crippen LogP contribution is -2.27. The second-order valence-electron chi connectivity index (χ2n) is 7.37. The highest BCUT2D eigenvalue weighted by Gasteiger charge is 2.19. The molecule has 1 atom stereocenters. The third kappa shape index (κ3) is 5.87. The van der Waals surface area contributed by atoms with Crippen molar-refractivity contribution in [2.24, 2.45) is 0 Å². The van der Waals surface area contributed by atoms with Crippen LogP contribution in [-0.2, 0) is 10.0 Å². The highest BCUT2D eigenvalue weighted by Crippen LogP contribution is 2.32. The minimum Gasteiger partial charge on any atom is -0.496 e. The van der Waals surface area contributed by atoms with E-state index in [1.54, 1.807) is 7.11 Å². The Balaban J connectivity index is 2.32. The van der Waals surface area contributed by atoms with Gasteiger partial charge in [-0.15, -0.1) is 0 Å². The van der Waals surface area contributed by atoms with Gasteiger partial charge in [0.05, 0.1) is 30.0 Å². The molecule has 0 heterocycles. The number of rotatable bonds is 7. The van der Waals surface area contributed by atoms with Crippen LogP contribution in [0.2, 0.25) is 5.02 Å². The maximum absolute atomic E-state index is 12.8. The first-order chi connectivity index (χ1) is 13.4. The summed E-state index contributed by atoms with van der Waals surface area (Å²) in [7, 11) is -1.82. The van der Waals surface area contributed by atoms with Gasteiger partial charge in [0.2, 0.25) is 10.0 Å². The Labute approximate surface area is 177 Å². The molecule has 0 unspecified atom stereocenters. The monoisotopic (exact) mass is 438 g/mol. The lowest BCUT2D eigenvalue weighted by molar-refractivity contribution is 0.0940. The molecule has 0 aliphatic rings. The van der Waals surface area contributed by atoms with Crippen LogP contribution in [0.5, 0.6) is 5.75 Å². The Morgan fingerprint density at radius 1 is 1.10 bits per heavy atom. The molecular formula is C21H27ClN2O4S. The molecular weight excluding hydrogens is 412 g/mol. The number of halogens is 1. The number of sulfonamides is 1. The van der Waals surface area contributed by atoms with Crippen molar-refractivity contribution in [3.8, 4) is 5.75 Å². The standard InChI is InChI=1S/C21H27ClN2O4S/c1-12(2)16-11-17(13(3)9-20(16)28-5)14(4)23-21(25)18-10-15(7-8-19(18)22)24-29(6,26)27/h7-12,14,24H,1-6H3,(H,23,25)/t14-/m1/s1. The molecule has 6 nitrogen and oxygen atoms in total. The third-order valence-corrected chi connectivity index (χ3v) is 5.50. The summed E-state index contributed by atoms with van der Waals surface area (Å²) in [6.45, 7) is 8.03. The molecule has 2 rings (SSSR count). The number of ether oxygens (including phenoxy) is 1. The van der Waals surface area contributed by atoms with Crippen molar-refractivity contribution in [3.05, 3.63) is 57.6 Å². The van der Waals surface area contributed by atoms with Gasteiger partial charge in [-0.3, -0.25) is 9.52 Å². The van der Waals surface area contributed by atoms with E-state index >= 15 is 0 Å². The topological polar surface area (TPSA) is 84.5 Å². The van der Waals surface area contributed by atoms with Gasteiger partial charge in [-0.25, -0.2) is 8.42 Å². The van der Waals surface area contributed by atoms with Gasteiger partial charge in [-0.1, -0.05) is 25.4 Å². The Bertz CT molecular complexity index is 1020. The molecule has 0 bridgehead atoms. The van der Waals surface area contributed by atoms with Gasteiger partial charge < -0.3 is 10.1 Å². The van der Waals surface area contributed by atoms with E-state index in [-0.39, 0.29) is 34.1 Å². The molecule has 8 heteroatoms. The SMILES string of the molecule is COc1cc(C)c([C@@H](C)NC(=O)c2cc(NS(C)(=O)=O)ccc2Cl)cc1C(C)C. The van der Waals surface area contributed by atoms with Crippen molar-refractivity contribution in [2.45, 2.75) is 39.7 Å². The fraction of sp³-hybridized carbons (Fsp3) is 0.381. The summed E-state index contributed by atoms with van der Waals surface area (Å²) in [6.07, 6.45) is 1.04. The molecule has 2 aromatic rings. The van der Waals surface area contributed by atoms with Crippen LogP contribution in [0.1, 0.15) is 59.8 Å². The van der Waals surface area contributed by atoms with Gasteiger partial charge in [0.15, 0.2) is 0 Å². The predicted octanol–water partition coefficient (Wildman–Crippen LogP) is 4.64. The minimum atomic E-state index is -3.46. The molecule has 1 amide bonds. The Morgan fingerprint density at radius 3 is 2.31 bits per heavy atom. The highest BCUT2D eigenvalue weighted by molar-refractivity contribution is 7.92. The molecule has 2 aromatic carbocycles. The molecule has 2 N–H and O–H groups in total. The second kappa shape index (κ2) is 9.05. The van der Waals surface area contributed by atoms with Crippen LogP contribution >= 0.6 is 11.6 Å². The fourth-order valence-electron chi connectivity index (χ4n) is 3.14. The number of benzene rings is 2. The van der Waals surface area contributed by atoms with E-state index in [4.69, 9.17) is 16.3 Å². The van der Waals surface area contributed by atoms with E-state index in [1.165, 1.54) is 18.2 Å². The van der Waals surface area contributed by atoms with Crippen LogP contribution in [-0.4, -0.2) is 27.7 Å². The number of methoxy groups -OCH3 is 1. The van der Waals surface area contributed by atoms with Gasteiger partial charge in [-0.05, 0) is 66.8 Å². The Hall–Kier alpha value is -2.25. The number of carbonyl (C=O) groups is 1. The largest absolute Gasteiger partial charge is 0.496 e. The zero-order valence-electron chi connectivity index (χ0n) is 17.5. The van der Waals surface area contributed by atoms with Crippen molar-refractivity contribution in [2.75, 3.05) is 18.1 Å². The number of aryl methyl sites for hydroxylation is 1.